The van der Waals surface area contributed by atoms with Crippen LogP contribution in [0.25, 0.3) is 0 Å². The first-order valence-corrected chi connectivity index (χ1v) is 6.89. The lowest BCUT2D eigenvalue weighted by atomic mass is 10.1. The zero-order valence-electron chi connectivity index (χ0n) is 11.5. The summed E-state index contributed by atoms with van der Waals surface area (Å²) in [5.41, 5.74) is 3.21. The Kier molecular flexibility index (Phi) is 3.81. The smallest absolute Gasteiger partial charge is 0.128 e. The molecule has 0 heterocycles. The number of rotatable bonds is 4. The molecule has 2 aromatic rings. The van der Waals surface area contributed by atoms with E-state index in [1.54, 1.807) is 12.1 Å². The topological polar surface area (TPSA) is 21.3 Å². The van der Waals surface area contributed by atoms with Gasteiger partial charge in [-0.2, -0.15) is 0 Å². The molecule has 3 heteroatoms. The van der Waals surface area contributed by atoms with E-state index in [1.807, 2.05) is 25.2 Å². The third kappa shape index (κ3) is 2.47. The molecule has 0 spiro atoms. The highest BCUT2D eigenvalue weighted by Crippen LogP contribution is 2.33. The summed E-state index contributed by atoms with van der Waals surface area (Å²) in [6.07, 6.45) is 0.924. The first-order chi connectivity index (χ1) is 9.79. The Hall–Kier alpha value is -1.71. The molecule has 0 saturated carbocycles. The van der Waals surface area contributed by atoms with Crippen molar-refractivity contribution in [3.05, 3.63) is 71.0 Å². The Balaban J connectivity index is 1.72. The van der Waals surface area contributed by atoms with E-state index >= 15 is 0 Å². The second kappa shape index (κ2) is 5.73. The van der Waals surface area contributed by atoms with Crippen molar-refractivity contribution in [1.82, 2.24) is 5.32 Å². The first kappa shape index (κ1) is 13.3. The molecular weight excluding hydrogens is 253 g/mol. The van der Waals surface area contributed by atoms with E-state index in [-0.39, 0.29) is 18.0 Å². The van der Waals surface area contributed by atoms with Crippen molar-refractivity contribution < 1.29 is 9.13 Å². The molecule has 0 bridgehead atoms. The van der Waals surface area contributed by atoms with Gasteiger partial charge in [-0.1, -0.05) is 42.5 Å². The molecule has 2 atom stereocenters. The Morgan fingerprint density at radius 1 is 1.15 bits per heavy atom. The van der Waals surface area contributed by atoms with Gasteiger partial charge in [0.2, 0.25) is 0 Å². The highest BCUT2D eigenvalue weighted by Gasteiger charge is 2.31. The van der Waals surface area contributed by atoms with Gasteiger partial charge in [0, 0.05) is 12.0 Å². The molecule has 2 aromatic carbocycles. The van der Waals surface area contributed by atoms with Crippen LogP contribution < -0.4 is 5.32 Å². The molecule has 0 amide bonds. The number of hydrogen-bond donors (Lipinski definition) is 1. The Bertz CT molecular complexity index is 599. The molecule has 1 aliphatic carbocycles. The minimum atomic E-state index is -0.205. The second-order valence-electron chi connectivity index (χ2n) is 5.11. The van der Waals surface area contributed by atoms with Crippen molar-refractivity contribution in [3.63, 3.8) is 0 Å². The van der Waals surface area contributed by atoms with E-state index in [2.05, 4.69) is 17.4 Å². The summed E-state index contributed by atoms with van der Waals surface area (Å²) in [5, 5.41) is 3.30. The van der Waals surface area contributed by atoms with Crippen molar-refractivity contribution >= 4 is 0 Å². The lowest BCUT2D eigenvalue weighted by Crippen LogP contribution is -2.28. The maximum absolute atomic E-state index is 13.6. The van der Waals surface area contributed by atoms with Gasteiger partial charge in [0.15, 0.2) is 0 Å². The van der Waals surface area contributed by atoms with Gasteiger partial charge in [0.1, 0.15) is 5.82 Å². The number of fused-ring (bicyclic) bond motifs is 1. The second-order valence-corrected chi connectivity index (χ2v) is 5.11. The molecule has 20 heavy (non-hydrogen) atoms. The van der Waals surface area contributed by atoms with E-state index in [4.69, 9.17) is 4.74 Å². The summed E-state index contributed by atoms with van der Waals surface area (Å²) < 4.78 is 19.6. The number of hydrogen-bond acceptors (Lipinski definition) is 2. The quantitative estimate of drug-likeness (QED) is 0.922. The van der Waals surface area contributed by atoms with Crippen molar-refractivity contribution in [2.45, 2.75) is 25.2 Å². The largest absolute Gasteiger partial charge is 0.371 e. The molecule has 3 rings (SSSR count). The molecule has 0 fully saturated rings. The monoisotopic (exact) mass is 271 g/mol. The molecule has 0 aromatic heterocycles. The number of ether oxygens (including phenoxy) is 1. The van der Waals surface area contributed by atoms with Crippen LogP contribution in [-0.4, -0.2) is 13.2 Å². The maximum atomic E-state index is 13.6. The summed E-state index contributed by atoms with van der Waals surface area (Å²) in [5.74, 6) is -0.205. The minimum Gasteiger partial charge on any atom is -0.371 e. The molecule has 104 valence electrons. The maximum Gasteiger partial charge on any atom is 0.128 e. The predicted molar refractivity (Wildman–Crippen MR) is 76.9 cm³/mol. The van der Waals surface area contributed by atoms with Crippen LogP contribution >= 0.6 is 0 Å². The molecule has 2 nitrogen and oxygen atoms in total. The van der Waals surface area contributed by atoms with Gasteiger partial charge in [-0.05, 0) is 24.2 Å². The number of likely N-dealkylation sites (N-methyl/N-ethyl adjacent to an activating group) is 1. The van der Waals surface area contributed by atoms with E-state index in [9.17, 15) is 4.39 Å². The zero-order chi connectivity index (χ0) is 13.9. The fraction of sp³-hybridized carbons (Fsp3) is 0.294. The van der Waals surface area contributed by atoms with Crippen molar-refractivity contribution in [2.75, 3.05) is 7.05 Å². The lowest BCUT2D eigenvalue weighted by molar-refractivity contribution is 0.0231. The van der Waals surface area contributed by atoms with Gasteiger partial charge in [-0.3, -0.25) is 0 Å². The fourth-order valence-corrected chi connectivity index (χ4v) is 2.87. The van der Waals surface area contributed by atoms with E-state index < -0.39 is 0 Å². The van der Waals surface area contributed by atoms with Gasteiger partial charge in [-0.15, -0.1) is 0 Å². The normalized spacial score (nSPS) is 20.9. The molecule has 1 aliphatic rings. The number of nitrogens with one attached hydrogen (secondary N) is 1. The van der Waals surface area contributed by atoms with E-state index in [0.29, 0.717) is 12.2 Å². The summed E-state index contributed by atoms with van der Waals surface area (Å²) in [7, 11) is 1.94. The van der Waals surface area contributed by atoms with Crippen LogP contribution in [0.1, 0.15) is 22.7 Å². The highest BCUT2D eigenvalue weighted by atomic mass is 19.1. The molecule has 0 aliphatic heterocycles. The Labute approximate surface area is 118 Å². The van der Waals surface area contributed by atoms with E-state index in [1.165, 1.54) is 17.2 Å². The lowest BCUT2D eigenvalue weighted by Gasteiger charge is -2.20. The molecule has 1 N–H and O–H groups in total. The molecule has 2 unspecified atom stereocenters. The minimum absolute atomic E-state index is 0.0528. The van der Waals surface area contributed by atoms with Crippen LogP contribution in [0.2, 0.25) is 0 Å². The van der Waals surface area contributed by atoms with Crippen LogP contribution in [0.3, 0.4) is 0 Å². The van der Waals surface area contributed by atoms with Gasteiger partial charge in [0.25, 0.3) is 0 Å². The number of benzene rings is 2. The molecular formula is C17H18FNO. The zero-order valence-corrected chi connectivity index (χ0v) is 11.5. The van der Waals surface area contributed by atoms with Crippen molar-refractivity contribution in [1.29, 1.82) is 0 Å². The van der Waals surface area contributed by atoms with Gasteiger partial charge >= 0.3 is 0 Å². The average molecular weight is 271 g/mol. The number of halogens is 1. The van der Waals surface area contributed by atoms with Gasteiger partial charge < -0.3 is 10.1 Å². The summed E-state index contributed by atoms with van der Waals surface area (Å²) in [4.78, 5) is 0. The summed E-state index contributed by atoms with van der Waals surface area (Å²) in [6, 6.07) is 15.3. The van der Waals surface area contributed by atoms with Crippen LogP contribution in [0.5, 0.6) is 0 Å². The SMILES string of the molecule is CNC1c2ccccc2CC1OCc1ccccc1F. The highest BCUT2D eigenvalue weighted by molar-refractivity contribution is 5.36. The first-order valence-electron chi connectivity index (χ1n) is 6.89. The molecule has 0 radical (unpaired) electrons. The third-order valence-corrected chi connectivity index (χ3v) is 3.90. The van der Waals surface area contributed by atoms with Crippen LogP contribution in [0, 0.1) is 5.82 Å². The standard InChI is InChI=1S/C17H18FNO/c1-19-17-14-8-4-2-6-12(14)10-16(17)20-11-13-7-3-5-9-15(13)18/h2-9,16-17,19H,10-11H2,1H3. The third-order valence-electron chi connectivity index (χ3n) is 3.90. The van der Waals surface area contributed by atoms with Crippen LogP contribution in [0.15, 0.2) is 48.5 Å². The van der Waals surface area contributed by atoms with Crippen LogP contribution in [-0.2, 0) is 17.8 Å². The molecule has 0 saturated heterocycles. The summed E-state index contributed by atoms with van der Waals surface area (Å²) >= 11 is 0. The Morgan fingerprint density at radius 3 is 2.70 bits per heavy atom. The van der Waals surface area contributed by atoms with Gasteiger partial charge in [0.05, 0.1) is 18.8 Å². The fourth-order valence-electron chi connectivity index (χ4n) is 2.87. The van der Waals surface area contributed by atoms with E-state index in [0.717, 1.165) is 6.42 Å². The van der Waals surface area contributed by atoms with Gasteiger partial charge in [-0.25, -0.2) is 4.39 Å². The van der Waals surface area contributed by atoms with Crippen molar-refractivity contribution in [2.24, 2.45) is 0 Å². The van der Waals surface area contributed by atoms with Crippen molar-refractivity contribution in [3.8, 4) is 0 Å². The summed E-state index contributed by atoms with van der Waals surface area (Å²) in [6.45, 7) is 0.309. The predicted octanol–water partition coefficient (Wildman–Crippen LogP) is 3.23. The average Bonchev–Trinajstić information content (AvgIpc) is 2.84. The van der Waals surface area contributed by atoms with Crippen LogP contribution in [0.4, 0.5) is 4.39 Å². The Morgan fingerprint density at radius 2 is 1.90 bits per heavy atom.